The molecule has 0 fully saturated rings. The van der Waals surface area contributed by atoms with Crippen LogP contribution in [-0.2, 0) is 16.4 Å². The first-order valence-corrected chi connectivity index (χ1v) is 10.7. The van der Waals surface area contributed by atoms with Gasteiger partial charge in [0.1, 0.15) is 5.82 Å². The minimum absolute atomic E-state index is 0.106. The zero-order chi connectivity index (χ0) is 22.9. The summed E-state index contributed by atoms with van der Waals surface area (Å²) in [5.41, 5.74) is -0.592. The highest BCUT2D eigenvalue weighted by molar-refractivity contribution is 7.92. The number of sulfonamides is 1. The molecule has 0 saturated heterocycles. The Morgan fingerprint density at radius 3 is 2.62 bits per heavy atom. The first-order chi connectivity index (χ1) is 15.3. The Kier molecular flexibility index (Phi) is 5.57. The number of hydrogen-bond acceptors (Lipinski definition) is 6. The quantitative estimate of drug-likeness (QED) is 0.410. The van der Waals surface area contributed by atoms with E-state index in [0.717, 1.165) is 12.1 Å². The van der Waals surface area contributed by atoms with E-state index in [1.54, 1.807) is 12.1 Å². The van der Waals surface area contributed by atoms with Crippen molar-refractivity contribution in [3.8, 4) is 5.88 Å². The number of halogens is 2. The van der Waals surface area contributed by atoms with Crippen molar-refractivity contribution in [2.45, 2.75) is 11.3 Å². The van der Waals surface area contributed by atoms with Crippen LogP contribution in [-0.4, -0.2) is 36.5 Å². The van der Waals surface area contributed by atoms with E-state index in [2.05, 4.69) is 19.9 Å². The summed E-state index contributed by atoms with van der Waals surface area (Å²) in [6, 6.07) is 10.6. The van der Waals surface area contributed by atoms with Gasteiger partial charge in [-0.3, -0.25) is 14.6 Å². The molecule has 4 rings (SSSR count). The average Bonchev–Trinajstić information content (AvgIpc) is 3.19. The van der Waals surface area contributed by atoms with Crippen LogP contribution in [0.5, 0.6) is 5.88 Å². The number of aromatic amines is 1. The van der Waals surface area contributed by atoms with Crippen molar-refractivity contribution in [1.29, 1.82) is 0 Å². The van der Waals surface area contributed by atoms with Gasteiger partial charge in [-0.1, -0.05) is 18.2 Å². The fourth-order valence-electron chi connectivity index (χ4n) is 3.14. The number of rotatable bonds is 7. The number of nitrogens with one attached hydrogen (secondary N) is 2. The Bertz CT molecular complexity index is 1420. The van der Waals surface area contributed by atoms with Gasteiger partial charge in [0.2, 0.25) is 5.88 Å². The predicted octanol–water partition coefficient (Wildman–Crippen LogP) is 3.47. The Balaban J connectivity index is 1.64. The Morgan fingerprint density at radius 1 is 1.16 bits per heavy atom. The molecule has 0 amide bonds. The van der Waals surface area contributed by atoms with Crippen LogP contribution in [0, 0.1) is 11.6 Å². The third-order valence-electron chi connectivity index (χ3n) is 4.66. The normalized spacial score (nSPS) is 11.5. The van der Waals surface area contributed by atoms with E-state index in [1.807, 2.05) is 0 Å². The highest BCUT2D eigenvalue weighted by Gasteiger charge is 2.24. The van der Waals surface area contributed by atoms with Gasteiger partial charge in [-0.25, -0.2) is 22.2 Å². The molecule has 32 heavy (non-hydrogen) atoms. The number of ether oxygens (including phenoxy) is 1. The third-order valence-corrected chi connectivity index (χ3v) is 6.05. The molecule has 0 radical (unpaired) electrons. The van der Waals surface area contributed by atoms with Crippen molar-refractivity contribution in [2.24, 2.45) is 0 Å². The molecule has 2 aromatic heterocycles. The lowest BCUT2D eigenvalue weighted by molar-refractivity contribution is 0.0985. The van der Waals surface area contributed by atoms with Crippen LogP contribution in [0.4, 0.5) is 14.5 Å². The largest absolute Gasteiger partial charge is 0.479 e. The molecule has 164 valence electrons. The molecule has 0 aliphatic heterocycles. The summed E-state index contributed by atoms with van der Waals surface area (Å²) in [4.78, 5) is 16.7. The van der Waals surface area contributed by atoms with Crippen LogP contribution >= 0.6 is 0 Å². The second-order valence-electron chi connectivity index (χ2n) is 6.78. The number of anilines is 1. The van der Waals surface area contributed by atoms with Gasteiger partial charge >= 0.3 is 0 Å². The van der Waals surface area contributed by atoms with Crippen LogP contribution < -0.4 is 9.46 Å². The minimum Gasteiger partial charge on any atom is -0.479 e. The van der Waals surface area contributed by atoms with Gasteiger partial charge in [-0.2, -0.15) is 0 Å². The summed E-state index contributed by atoms with van der Waals surface area (Å²) < 4.78 is 61.5. The number of benzene rings is 2. The van der Waals surface area contributed by atoms with Crippen LogP contribution in [0.25, 0.3) is 11.0 Å². The summed E-state index contributed by atoms with van der Waals surface area (Å²) in [7, 11) is -2.72. The zero-order valence-electron chi connectivity index (χ0n) is 16.6. The third kappa shape index (κ3) is 4.02. The Morgan fingerprint density at radius 2 is 1.91 bits per heavy atom. The fraction of sp³-hybridized carbons (Fsp3) is 0.0952. The molecule has 11 heteroatoms. The van der Waals surface area contributed by atoms with E-state index in [0.29, 0.717) is 16.6 Å². The maximum atomic E-state index is 15.0. The molecular formula is C21H16F2N4O4S. The van der Waals surface area contributed by atoms with Gasteiger partial charge in [0, 0.05) is 12.6 Å². The highest BCUT2D eigenvalue weighted by Crippen LogP contribution is 2.26. The van der Waals surface area contributed by atoms with E-state index >= 15 is 4.39 Å². The van der Waals surface area contributed by atoms with Crippen molar-refractivity contribution in [3.63, 3.8) is 0 Å². The summed E-state index contributed by atoms with van der Waals surface area (Å²) in [6.45, 7) is 0. The Hall–Kier alpha value is -3.86. The maximum Gasteiger partial charge on any atom is 0.261 e. The SMILES string of the molecule is COc1n[nH]c2ncc(CC(=O)c3c(F)ccc(NS(=O)(=O)c4ccccc4)c3F)cc12. The second kappa shape index (κ2) is 8.35. The van der Waals surface area contributed by atoms with E-state index in [-0.39, 0.29) is 17.2 Å². The molecule has 2 aromatic carbocycles. The average molecular weight is 458 g/mol. The second-order valence-corrected chi connectivity index (χ2v) is 8.46. The molecule has 4 aromatic rings. The molecular weight excluding hydrogens is 442 g/mol. The molecule has 0 unspecified atom stereocenters. The number of carbonyl (C=O) groups excluding carboxylic acids is 1. The lowest BCUT2D eigenvalue weighted by Gasteiger charge is -2.12. The van der Waals surface area contributed by atoms with Gasteiger partial charge in [-0.05, 0) is 35.9 Å². The summed E-state index contributed by atoms with van der Waals surface area (Å²) in [6.07, 6.45) is 0.996. The van der Waals surface area contributed by atoms with Crippen molar-refractivity contribution in [1.82, 2.24) is 15.2 Å². The molecule has 0 bridgehead atoms. The molecule has 0 spiro atoms. The Labute approximate surface area is 181 Å². The number of carbonyl (C=O) groups is 1. The molecule has 0 atom stereocenters. The van der Waals surface area contributed by atoms with Gasteiger partial charge in [-0.15, -0.1) is 5.10 Å². The highest BCUT2D eigenvalue weighted by atomic mass is 32.2. The predicted molar refractivity (Wildman–Crippen MR) is 112 cm³/mol. The number of nitrogens with zero attached hydrogens (tertiary/aromatic N) is 2. The first-order valence-electron chi connectivity index (χ1n) is 9.26. The standard InChI is InChI=1S/C21H16F2N4O4S/c1-31-21-14-9-12(11-24-20(14)25-26-21)10-17(28)18-15(22)7-8-16(19(18)23)27-32(29,30)13-5-3-2-4-6-13/h2-9,11,27H,10H2,1H3,(H,24,25,26). The van der Waals surface area contributed by atoms with Crippen molar-refractivity contribution >= 4 is 32.5 Å². The van der Waals surface area contributed by atoms with Crippen LogP contribution in [0.1, 0.15) is 15.9 Å². The molecule has 0 aliphatic rings. The summed E-state index contributed by atoms with van der Waals surface area (Å²) >= 11 is 0. The van der Waals surface area contributed by atoms with Crippen molar-refractivity contribution < 1.29 is 26.7 Å². The smallest absolute Gasteiger partial charge is 0.261 e. The lowest BCUT2D eigenvalue weighted by Crippen LogP contribution is -2.17. The fourth-order valence-corrected chi connectivity index (χ4v) is 4.22. The van der Waals surface area contributed by atoms with E-state index in [4.69, 9.17) is 4.74 Å². The maximum absolute atomic E-state index is 15.0. The number of Topliss-reactive ketones (excluding diaryl/α,β-unsaturated/α-hetero) is 1. The number of pyridine rings is 1. The first kappa shape index (κ1) is 21.4. The van der Waals surface area contributed by atoms with Crippen molar-refractivity contribution in [2.75, 3.05) is 11.8 Å². The summed E-state index contributed by atoms with van der Waals surface area (Å²) in [5, 5.41) is 7.07. The molecule has 0 saturated carbocycles. The minimum atomic E-state index is -4.13. The van der Waals surface area contributed by atoms with Crippen LogP contribution in [0.3, 0.4) is 0 Å². The lowest BCUT2D eigenvalue weighted by atomic mass is 10.0. The summed E-state index contributed by atoms with van der Waals surface area (Å²) in [5.74, 6) is -3.03. The number of methoxy groups -OCH3 is 1. The van der Waals surface area contributed by atoms with E-state index in [9.17, 15) is 17.6 Å². The van der Waals surface area contributed by atoms with Crippen LogP contribution in [0.15, 0.2) is 59.6 Å². The number of fused-ring (bicyclic) bond motifs is 1. The van der Waals surface area contributed by atoms with Crippen LogP contribution in [0.2, 0.25) is 0 Å². The van der Waals surface area contributed by atoms with Crippen molar-refractivity contribution in [3.05, 3.63) is 77.5 Å². The number of ketones is 1. The molecule has 0 aliphatic carbocycles. The monoisotopic (exact) mass is 458 g/mol. The van der Waals surface area contributed by atoms with Gasteiger partial charge < -0.3 is 4.74 Å². The zero-order valence-corrected chi connectivity index (χ0v) is 17.4. The number of aromatic nitrogens is 3. The van der Waals surface area contributed by atoms with Gasteiger partial charge in [0.25, 0.3) is 10.0 Å². The van der Waals surface area contributed by atoms with E-state index < -0.39 is 38.7 Å². The molecule has 8 nitrogen and oxygen atoms in total. The molecule has 2 N–H and O–H groups in total. The van der Waals surface area contributed by atoms with Gasteiger partial charge in [0.05, 0.1) is 28.6 Å². The number of hydrogen-bond donors (Lipinski definition) is 2. The van der Waals surface area contributed by atoms with Gasteiger partial charge in [0.15, 0.2) is 17.2 Å². The molecule has 2 heterocycles. The number of H-pyrrole nitrogens is 1. The van der Waals surface area contributed by atoms with E-state index in [1.165, 1.54) is 37.6 Å². The topological polar surface area (TPSA) is 114 Å².